The van der Waals surface area contributed by atoms with Gasteiger partial charge in [0.1, 0.15) is 12.1 Å². The molecule has 0 fully saturated rings. The molecule has 0 spiro atoms. The number of aliphatic imine (C=N–C) groups is 2. The average Bonchev–Trinajstić information content (AvgIpc) is 2.46. The lowest BCUT2D eigenvalue weighted by atomic mass is 10.0. The second kappa shape index (κ2) is 9.77. The largest absolute Gasteiger partial charge is 0.480 e. The fourth-order valence-corrected chi connectivity index (χ4v) is 2.40. The molecule has 1 heterocycles. The summed E-state index contributed by atoms with van der Waals surface area (Å²) in [5, 5.41) is 0. The van der Waals surface area contributed by atoms with Crippen LogP contribution in [0.3, 0.4) is 0 Å². The molecule has 0 saturated carbocycles. The molecule has 2 atom stereocenters. The van der Waals surface area contributed by atoms with Crippen LogP contribution in [0.15, 0.2) is 9.98 Å². The van der Waals surface area contributed by atoms with Gasteiger partial charge in [-0.2, -0.15) is 0 Å². The summed E-state index contributed by atoms with van der Waals surface area (Å²) in [6.45, 7) is 10.2. The van der Waals surface area contributed by atoms with Gasteiger partial charge in [-0.05, 0) is 39.2 Å². The van der Waals surface area contributed by atoms with Gasteiger partial charge in [0, 0.05) is 0 Å². The van der Waals surface area contributed by atoms with Crippen molar-refractivity contribution >= 4 is 11.8 Å². The lowest BCUT2D eigenvalue weighted by molar-refractivity contribution is 0.273. The number of hydrogen-bond donors (Lipinski definition) is 1. The number of nitrogens with zero attached hydrogens (tertiary/aromatic N) is 2. The minimum absolute atomic E-state index is 0.000672. The Morgan fingerprint density at radius 3 is 2.24 bits per heavy atom. The van der Waals surface area contributed by atoms with Crippen molar-refractivity contribution in [2.24, 2.45) is 21.6 Å². The van der Waals surface area contributed by atoms with E-state index in [0.717, 1.165) is 44.0 Å². The molecule has 0 aromatic heterocycles. The second-order valence-corrected chi connectivity index (χ2v) is 5.64. The van der Waals surface area contributed by atoms with Gasteiger partial charge in [-0.1, -0.05) is 26.7 Å². The minimum Gasteiger partial charge on any atom is -0.480 e. The van der Waals surface area contributed by atoms with E-state index in [1.807, 2.05) is 13.8 Å². The second-order valence-electron chi connectivity index (χ2n) is 5.64. The Morgan fingerprint density at radius 2 is 1.67 bits per heavy atom. The van der Waals surface area contributed by atoms with Crippen molar-refractivity contribution in [2.75, 3.05) is 19.8 Å². The zero-order valence-electron chi connectivity index (χ0n) is 14.0. The molecule has 5 heteroatoms. The Labute approximate surface area is 129 Å². The predicted molar refractivity (Wildman–Crippen MR) is 88.1 cm³/mol. The summed E-state index contributed by atoms with van der Waals surface area (Å²) < 4.78 is 11.4. The first-order valence-corrected chi connectivity index (χ1v) is 8.25. The molecular formula is C16H31N3O2. The van der Waals surface area contributed by atoms with Crippen molar-refractivity contribution in [1.82, 2.24) is 0 Å². The van der Waals surface area contributed by atoms with Gasteiger partial charge >= 0.3 is 0 Å². The van der Waals surface area contributed by atoms with Crippen LogP contribution in [0, 0.1) is 5.92 Å². The monoisotopic (exact) mass is 297 g/mol. The van der Waals surface area contributed by atoms with Crippen LogP contribution in [0.1, 0.15) is 53.4 Å². The smallest absolute Gasteiger partial charge is 0.210 e. The summed E-state index contributed by atoms with van der Waals surface area (Å²) in [7, 11) is 0. The molecule has 0 aromatic rings. The van der Waals surface area contributed by atoms with E-state index >= 15 is 0 Å². The molecule has 2 N–H and O–H groups in total. The fourth-order valence-electron chi connectivity index (χ4n) is 2.40. The highest BCUT2D eigenvalue weighted by molar-refractivity contribution is 5.94. The predicted octanol–water partition coefficient (Wildman–Crippen LogP) is 2.78. The van der Waals surface area contributed by atoms with Gasteiger partial charge in [0.25, 0.3) is 0 Å². The number of rotatable bonds is 8. The molecule has 5 nitrogen and oxygen atoms in total. The molecular weight excluding hydrogens is 266 g/mol. The summed E-state index contributed by atoms with van der Waals surface area (Å²) in [4.78, 5) is 9.54. The lowest BCUT2D eigenvalue weighted by Gasteiger charge is -2.28. The molecule has 0 radical (unpaired) electrons. The van der Waals surface area contributed by atoms with Crippen LogP contribution in [0.25, 0.3) is 0 Å². The van der Waals surface area contributed by atoms with Crippen LogP contribution in [-0.4, -0.2) is 43.6 Å². The molecule has 0 aromatic carbocycles. The van der Waals surface area contributed by atoms with E-state index in [1.165, 1.54) is 0 Å². The zero-order chi connectivity index (χ0) is 15.7. The van der Waals surface area contributed by atoms with Crippen molar-refractivity contribution in [3.05, 3.63) is 0 Å². The molecule has 1 aliphatic heterocycles. The van der Waals surface area contributed by atoms with Crippen molar-refractivity contribution < 1.29 is 9.47 Å². The fraction of sp³-hybridized carbons (Fsp3) is 0.875. The minimum atomic E-state index is -0.0215. The molecule has 1 aliphatic rings. The molecule has 122 valence electrons. The van der Waals surface area contributed by atoms with Gasteiger partial charge in [0.05, 0.1) is 13.2 Å². The summed E-state index contributed by atoms with van der Waals surface area (Å²) in [6, 6.07) is -0.0222. The molecule has 1 rings (SSSR count). The summed E-state index contributed by atoms with van der Waals surface area (Å²) in [5.74, 6) is 1.89. The van der Waals surface area contributed by atoms with E-state index in [9.17, 15) is 0 Å². The van der Waals surface area contributed by atoms with Gasteiger partial charge in [-0.15, -0.1) is 0 Å². The zero-order valence-corrected chi connectivity index (χ0v) is 14.0. The first-order valence-electron chi connectivity index (χ1n) is 8.25. The Bertz CT molecular complexity index is 353. The third kappa shape index (κ3) is 5.65. The molecule has 0 bridgehead atoms. The Morgan fingerprint density at radius 1 is 1.00 bits per heavy atom. The van der Waals surface area contributed by atoms with Crippen LogP contribution in [0.5, 0.6) is 0 Å². The van der Waals surface area contributed by atoms with Crippen LogP contribution >= 0.6 is 0 Å². The molecule has 0 saturated heterocycles. The maximum absolute atomic E-state index is 5.72. The SMILES string of the molecule is CCOC1=N[C@H](CCCCCN)C(OCC)=NC1C(C)C. The summed E-state index contributed by atoms with van der Waals surface area (Å²) in [5.41, 5.74) is 5.54. The van der Waals surface area contributed by atoms with Gasteiger partial charge in [-0.25, -0.2) is 9.98 Å². The van der Waals surface area contributed by atoms with Crippen LogP contribution < -0.4 is 5.73 Å². The third-order valence-electron chi connectivity index (χ3n) is 3.49. The van der Waals surface area contributed by atoms with E-state index in [-0.39, 0.29) is 12.1 Å². The van der Waals surface area contributed by atoms with E-state index < -0.39 is 0 Å². The van der Waals surface area contributed by atoms with E-state index in [4.69, 9.17) is 25.2 Å². The highest BCUT2D eigenvalue weighted by atomic mass is 16.5. The number of nitrogens with two attached hydrogens (primary N) is 1. The molecule has 1 unspecified atom stereocenters. The maximum atomic E-state index is 5.72. The molecule has 21 heavy (non-hydrogen) atoms. The Hall–Kier alpha value is -1.10. The van der Waals surface area contributed by atoms with E-state index in [2.05, 4.69) is 13.8 Å². The number of hydrogen-bond acceptors (Lipinski definition) is 5. The first kappa shape index (κ1) is 18.0. The molecule has 0 amide bonds. The topological polar surface area (TPSA) is 69.2 Å². The standard InChI is InChI=1S/C16H31N3O2/c1-5-20-15-13(10-8-7-9-11-17)18-16(21-6-2)14(19-15)12(3)4/h12-14H,5-11,17H2,1-4H3/t13-,14?/m1/s1. The van der Waals surface area contributed by atoms with Gasteiger partial charge in [-0.3, -0.25) is 0 Å². The highest BCUT2D eigenvalue weighted by Gasteiger charge is 2.31. The maximum Gasteiger partial charge on any atom is 0.210 e. The van der Waals surface area contributed by atoms with Gasteiger partial charge in [0.15, 0.2) is 0 Å². The average molecular weight is 297 g/mol. The third-order valence-corrected chi connectivity index (χ3v) is 3.49. The van der Waals surface area contributed by atoms with Crippen LogP contribution in [-0.2, 0) is 9.47 Å². The number of ether oxygens (including phenoxy) is 2. The molecule has 0 aliphatic carbocycles. The van der Waals surface area contributed by atoms with Crippen molar-refractivity contribution in [2.45, 2.75) is 65.5 Å². The van der Waals surface area contributed by atoms with Crippen molar-refractivity contribution in [3.8, 4) is 0 Å². The normalized spacial score (nSPS) is 22.0. The van der Waals surface area contributed by atoms with Crippen LogP contribution in [0.4, 0.5) is 0 Å². The quantitative estimate of drug-likeness (QED) is 0.700. The van der Waals surface area contributed by atoms with Gasteiger partial charge < -0.3 is 15.2 Å². The Kier molecular flexibility index (Phi) is 8.35. The van der Waals surface area contributed by atoms with E-state index in [1.54, 1.807) is 0 Å². The highest BCUT2D eigenvalue weighted by Crippen LogP contribution is 2.21. The van der Waals surface area contributed by atoms with Gasteiger partial charge in [0.2, 0.25) is 11.8 Å². The van der Waals surface area contributed by atoms with Crippen molar-refractivity contribution in [3.63, 3.8) is 0 Å². The lowest BCUT2D eigenvalue weighted by Crippen LogP contribution is -2.38. The number of unbranched alkanes of at least 4 members (excludes halogenated alkanes) is 2. The summed E-state index contributed by atoms with van der Waals surface area (Å²) in [6.07, 6.45) is 4.22. The van der Waals surface area contributed by atoms with E-state index in [0.29, 0.717) is 19.1 Å². The van der Waals surface area contributed by atoms with Crippen LogP contribution in [0.2, 0.25) is 0 Å². The van der Waals surface area contributed by atoms with Crippen molar-refractivity contribution in [1.29, 1.82) is 0 Å². The Balaban J connectivity index is 2.78. The first-order chi connectivity index (χ1) is 10.1. The summed E-state index contributed by atoms with van der Waals surface area (Å²) >= 11 is 0.